The van der Waals surface area contributed by atoms with Crippen LogP contribution in [0.4, 0.5) is 0 Å². The molecule has 0 bridgehead atoms. The molecule has 0 spiro atoms. The summed E-state index contributed by atoms with van der Waals surface area (Å²) in [4.78, 5) is 6.29. The summed E-state index contributed by atoms with van der Waals surface area (Å²) in [5.41, 5.74) is 1.37. The number of aromatic nitrogens is 1. The van der Waals surface area contributed by atoms with E-state index in [-0.39, 0.29) is 0 Å². The highest BCUT2D eigenvalue weighted by Gasteiger charge is 2.23. The molecule has 1 N–H and O–H groups in total. The number of hydrogen-bond acceptors (Lipinski definition) is 4. The third kappa shape index (κ3) is 2.79. The highest BCUT2D eigenvalue weighted by molar-refractivity contribution is 7.98. The average Bonchev–Trinajstić information content (AvgIpc) is 2.70. The Balaban J connectivity index is 2.10. The monoisotopic (exact) mass is 256 g/mol. The lowest BCUT2D eigenvalue weighted by molar-refractivity contribution is 0.476. The van der Waals surface area contributed by atoms with Crippen LogP contribution in [0.5, 0.6) is 0 Å². The summed E-state index contributed by atoms with van der Waals surface area (Å²) in [5.74, 6) is 2.27. The summed E-state index contributed by atoms with van der Waals surface area (Å²) >= 11 is 3.90. The van der Waals surface area contributed by atoms with E-state index in [4.69, 9.17) is 4.98 Å². The number of nitrogens with zero attached hydrogens (tertiary/aromatic N) is 1. The van der Waals surface area contributed by atoms with E-state index >= 15 is 0 Å². The minimum Gasteiger partial charge on any atom is -0.309 e. The number of rotatable bonds is 5. The Hall–Kier alpha value is -0.0600. The summed E-state index contributed by atoms with van der Waals surface area (Å²) in [5, 5.41) is 4.89. The second-order valence-electron chi connectivity index (χ2n) is 4.06. The molecule has 2 nitrogen and oxygen atoms in total. The topological polar surface area (TPSA) is 24.9 Å². The molecular formula is C12H20N2S2. The molecule has 1 aliphatic carbocycles. The predicted octanol–water partition coefficient (Wildman–Crippen LogP) is 3.38. The zero-order valence-electron chi connectivity index (χ0n) is 10.1. The first-order valence-electron chi connectivity index (χ1n) is 6.14. The van der Waals surface area contributed by atoms with Gasteiger partial charge in [-0.3, -0.25) is 0 Å². The van der Waals surface area contributed by atoms with Gasteiger partial charge in [-0.1, -0.05) is 13.8 Å². The zero-order chi connectivity index (χ0) is 11.4. The van der Waals surface area contributed by atoms with Gasteiger partial charge in [-0.2, -0.15) is 11.8 Å². The van der Waals surface area contributed by atoms with Gasteiger partial charge in [0.15, 0.2) is 0 Å². The molecule has 0 saturated carbocycles. The van der Waals surface area contributed by atoms with Crippen molar-refractivity contribution in [2.24, 2.45) is 0 Å². The van der Waals surface area contributed by atoms with Crippen LogP contribution in [-0.2, 0) is 12.2 Å². The lowest BCUT2D eigenvalue weighted by atomic mass is 9.98. The van der Waals surface area contributed by atoms with Gasteiger partial charge in [-0.25, -0.2) is 4.98 Å². The lowest BCUT2D eigenvalue weighted by Crippen LogP contribution is -2.23. The smallest absolute Gasteiger partial charge is 0.103 e. The molecule has 4 heteroatoms. The maximum Gasteiger partial charge on any atom is 0.103 e. The summed E-state index contributed by atoms with van der Waals surface area (Å²) < 4.78 is 0. The van der Waals surface area contributed by atoms with Crippen molar-refractivity contribution in [3.63, 3.8) is 0 Å². The van der Waals surface area contributed by atoms with Gasteiger partial charge in [0, 0.05) is 16.7 Å². The molecule has 16 heavy (non-hydrogen) atoms. The van der Waals surface area contributed by atoms with E-state index in [1.165, 1.54) is 40.6 Å². The average molecular weight is 256 g/mol. The van der Waals surface area contributed by atoms with Crippen molar-refractivity contribution < 1.29 is 0 Å². The van der Waals surface area contributed by atoms with Crippen molar-refractivity contribution in [3.8, 4) is 0 Å². The first kappa shape index (κ1) is 12.4. The zero-order valence-corrected chi connectivity index (χ0v) is 11.7. The number of nitrogens with one attached hydrogen (secondary N) is 1. The highest BCUT2D eigenvalue weighted by atomic mass is 32.2. The molecule has 1 atom stereocenters. The predicted molar refractivity (Wildman–Crippen MR) is 73.3 cm³/mol. The van der Waals surface area contributed by atoms with Crippen LogP contribution in [0.1, 0.15) is 48.3 Å². The van der Waals surface area contributed by atoms with Crippen molar-refractivity contribution in [2.45, 2.75) is 44.9 Å². The fourth-order valence-electron chi connectivity index (χ4n) is 2.16. The molecule has 0 fully saturated rings. The van der Waals surface area contributed by atoms with Gasteiger partial charge in [0.1, 0.15) is 5.01 Å². The Kier molecular flexibility index (Phi) is 4.67. The molecule has 0 radical (unpaired) electrons. The van der Waals surface area contributed by atoms with Crippen molar-refractivity contribution in [2.75, 3.05) is 12.3 Å². The first-order valence-corrected chi connectivity index (χ1v) is 8.11. The van der Waals surface area contributed by atoms with Gasteiger partial charge in [0.25, 0.3) is 0 Å². The maximum absolute atomic E-state index is 4.78. The third-order valence-electron chi connectivity index (χ3n) is 2.87. The Labute approximate surface area is 106 Å². The van der Waals surface area contributed by atoms with E-state index in [0.717, 1.165) is 12.3 Å². The molecule has 1 aliphatic rings. The van der Waals surface area contributed by atoms with Gasteiger partial charge >= 0.3 is 0 Å². The van der Waals surface area contributed by atoms with E-state index in [1.807, 2.05) is 23.1 Å². The second-order valence-corrected chi connectivity index (χ2v) is 6.45. The fourth-order valence-corrected chi connectivity index (χ4v) is 4.11. The van der Waals surface area contributed by atoms with Crippen molar-refractivity contribution >= 4 is 23.1 Å². The van der Waals surface area contributed by atoms with Crippen molar-refractivity contribution in [1.29, 1.82) is 0 Å². The van der Waals surface area contributed by atoms with E-state index < -0.39 is 0 Å². The van der Waals surface area contributed by atoms with E-state index in [1.54, 1.807) is 0 Å². The summed E-state index contributed by atoms with van der Waals surface area (Å²) in [6.07, 6.45) is 3.75. The molecule has 1 aromatic rings. The van der Waals surface area contributed by atoms with Crippen LogP contribution in [0, 0.1) is 0 Å². The maximum atomic E-state index is 4.78. The molecule has 0 saturated heterocycles. The molecule has 1 aromatic heterocycles. The lowest BCUT2D eigenvalue weighted by Gasteiger charge is -2.21. The minimum absolute atomic E-state index is 0.576. The van der Waals surface area contributed by atoms with Crippen LogP contribution in [0.15, 0.2) is 0 Å². The largest absolute Gasteiger partial charge is 0.309 e. The van der Waals surface area contributed by atoms with Gasteiger partial charge < -0.3 is 5.32 Å². The second kappa shape index (κ2) is 6.03. The molecular weight excluding hydrogens is 236 g/mol. The number of thioether (sulfide) groups is 1. The standard InChI is InChI=1S/C12H20N2S2/c1-3-13-9-6-5-7-10-12(9)16-11(14-10)8-15-4-2/h9,13H,3-8H2,1-2H3. The molecule has 1 heterocycles. The van der Waals surface area contributed by atoms with Gasteiger partial charge in [-0.15, -0.1) is 11.3 Å². The molecule has 1 unspecified atom stereocenters. The molecule has 0 aliphatic heterocycles. The molecule has 90 valence electrons. The van der Waals surface area contributed by atoms with Crippen LogP contribution >= 0.6 is 23.1 Å². The Bertz CT molecular complexity index is 336. The normalized spacial score (nSPS) is 19.8. The number of thiazole rings is 1. The number of fused-ring (bicyclic) bond motifs is 1. The van der Waals surface area contributed by atoms with Crippen molar-refractivity contribution in [1.82, 2.24) is 10.3 Å². The molecule has 0 aromatic carbocycles. The van der Waals surface area contributed by atoms with E-state index in [0.29, 0.717) is 6.04 Å². The quantitative estimate of drug-likeness (QED) is 0.874. The van der Waals surface area contributed by atoms with Crippen LogP contribution < -0.4 is 5.32 Å². The van der Waals surface area contributed by atoms with Crippen LogP contribution in [0.25, 0.3) is 0 Å². The Morgan fingerprint density at radius 3 is 3.12 bits per heavy atom. The van der Waals surface area contributed by atoms with Crippen molar-refractivity contribution in [3.05, 3.63) is 15.6 Å². The van der Waals surface area contributed by atoms with Crippen LogP contribution in [0.3, 0.4) is 0 Å². The number of hydrogen-bond donors (Lipinski definition) is 1. The van der Waals surface area contributed by atoms with E-state index in [2.05, 4.69) is 19.2 Å². The van der Waals surface area contributed by atoms with Gasteiger partial charge in [0.2, 0.25) is 0 Å². The Morgan fingerprint density at radius 1 is 1.50 bits per heavy atom. The molecule has 0 amide bonds. The number of aryl methyl sites for hydroxylation is 1. The summed E-state index contributed by atoms with van der Waals surface area (Å²) in [6.45, 7) is 5.45. The summed E-state index contributed by atoms with van der Waals surface area (Å²) in [6, 6.07) is 0.576. The third-order valence-corrected chi connectivity index (χ3v) is 5.15. The first-order chi connectivity index (χ1) is 7.85. The van der Waals surface area contributed by atoms with Crippen LogP contribution in [0.2, 0.25) is 0 Å². The van der Waals surface area contributed by atoms with E-state index in [9.17, 15) is 0 Å². The summed E-state index contributed by atoms with van der Waals surface area (Å²) in [7, 11) is 0. The fraction of sp³-hybridized carbons (Fsp3) is 0.750. The Morgan fingerprint density at radius 2 is 2.38 bits per heavy atom. The SMILES string of the molecule is CCNC1CCCc2nc(CSCC)sc21. The van der Waals surface area contributed by atoms with Gasteiger partial charge in [0.05, 0.1) is 5.69 Å². The minimum atomic E-state index is 0.576. The highest BCUT2D eigenvalue weighted by Crippen LogP contribution is 2.35. The van der Waals surface area contributed by atoms with Gasteiger partial charge in [-0.05, 0) is 31.6 Å². The molecule has 2 rings (SSSR count). The van der Waals surface area contributed by atoms with Crippen LogP contribution in [-0.4, -0.2) is 17.3 Å².